The number of fused-ring (bicyclic) bond motifs is 1. The van der Waals surface area contributed by atoms with Crippen LogP contribution in [-0.4, -0.2) is 47.9 Å². The van der Waals surface area contributed by atoms with Crippen LogP contribution in [0.15, 0.2) is 51.5 Å². The normalized spacial score (nSPS) is 13.2. The number of rotatable bonds is 8. The Morgan fingerprint density at radius 3 is 2.49 bits per heavy atom. The lowest BCUT2D eigenvalue weighted by molar-refractivity contribution is -0.141. The van der Waals surface area contributed by atoms with Gasteiger partial charge in [-0.1, -0.05) is 0 Å². The van der Waals surface area contributed by atoms with Crippen molar-refractivity contribution in [2.75, 3.05) is 21.2 Å². The van der Waals surface area contributed by atoms with Crippen molar-refractivity contribution in [1.29, 1.82) is 0 Å². The summed E-state index contributed by atoms with van der Waals surface area (Å²) in [5.41, 5.74) is 5.05. The fourth-order valence-electron chi connectivity index (χ4n) is 3.92. The van der Waals surface area contributed by atoms with Crippen molar-refractivity contribution in [3.05, 3.63) is 65.6 Å². The number of nitrogens with zero attached hydrogens (tertiary/aromatic N) is 3. The molecule has 0 fully saturated rings. The Kier molecular flexibility index (Phi) is 7.63. The summed E-state index contributed by atoms with van der Waals surface area (Å²) in [6, 6.07) is 6.72. The highest BCUT2D eigenvalue weighted by molar-refractivity contribution is 5.98. The molecule has 2 atom stereocenters. The third-order valence-corrected chi connectivity index (χ3v) is 5.91. The Labute approximate surface area is 220 Å². The van der Waals surface area contributed by atoms with Gasteiger partial charge in [0, 0.05) is 25.0 Å². The molecule has 1 aromatic carbocycles. The van der Waals surface area contributed by atoms with Gasteiger partial charge >= 0.3 is 6.18 Å². The summed E-state index contributed by atoms with van der Waals surface area (Å²) in [5, 5.41) is 3.01. The zero-order chi connectivity index (χ0) is 28.5. The number of carbonyl (C=O) groups excluding carboxylic acids is 2. The number of hydrogen-bond acceptors (Lipinski definition) is 8. The van der Waals surface area contributed by atoms with Gasteiger partial charge in [0.15, 0.2) is 11.5 Å². The molecule has 0 aliphatic heterocycles. The first kappa shape index (κ1) is 27.6. The highest BCUT2D eigenvalue weighted by Crippen LogP contribution is 2.37. The zero-order valence-electron chi connectivity index (χ0n) is 21.5. The van der Waals surface area contributed by atoms with Gasteiger partial charge in [0.2, 0.25) is 11.8 Å². The predicted molar refractivity (Wildman–Crippen MR) is 134 cm³/mol. The first-order valence-electron chi connectivity index (χ1n) is 11.8. The number of halogens is 3. The Bertz CT molecular complexity index is 1500. The van der Waals surface area contributed by atoms with E-state index < -0.39 is 29.9 Å². The monoisotopic (exact) mass is 545 g/mol. The van der Waals surface area contributed by atoms with Crippen LogP contribution in [0.4, 0.5) is 13.2 Å². The largest absolute Gasteiger partial charge is 0.494 e. The number of alkyl halides is 3. The molecule has 0 radical (unpaired) electrons. The maximum absolute atomic E-state index is 13.4. The minimum atomic E-state index is -4.66. The second-order valence-corrected chi connectivity index (χ2v) is 8.96. The maximum atomic E-state index is 13.4. The summed E-state index contributed by atoms with van der Waals surface area (Å²) in [7, 11) is 4.50. The molecule has 0 aliphatic carbocycles. The number of oxazole rings is 1. The standard InChI is InChI=1S/C26H26F3N5O5/c1-13(30)23-22(24(36)31-16(12-20(35)34(2)3)17-6-5-11-38-17)33-25(39-23)15-7-9-18(37-4)21-14(15)8-10-19(32-21)26(27,28)29/h5-11,13,16H,12,30H2,1-4H3,(H,31,36)/t13-,16-/m0/s1. The number of pyridine rings is 1. The van der Waals surface area contributed by atoms with Crippen LogP contribution in [0, 0.1) is 0 Å². The van der Waals surface area contributed by atoms with Crippen molar-refractivity contribution < 1.29 is 36.3 Å². The molecule has 4 rings (SSSR count). The van der Waals surface area contributed by atoms with Crippen molar-refractivity contribution >= 4 is 22.7 Å². The van der Waals surface area contributed by atoms with Crippen LogP contribution in [0.1, 0.15) is 53.1 Å². The van der Waals surface area contributed by atoms with Crippen LogP contribution < -0.4 is 15.8 Å². The molecule has 206 valence electrons. The number of ether oxygens (including phenoxy) is 1. The van der Waals surface area contributed by atoms with Crippen LogP contribution >= 0.6 is 0 Å². The number of aromatic nitrogens is 2. The van der Waals surface area contributed by atoms with Gasteiger partial charge in [-0.15, -0.1) is 0 Å². The van der Waals surface area contributed by atoms with Crippen molar-refractivity contribution in [2.45, 2.75) is 31.6 Å². The quantitative estimate of drug-likeness (QED) is 0.331. The number of benzene rings is 1. The van der Waals surface area contributed by atoms with E-state index in [9.17, 15) is 22.8 Å². The number of nitrogens with two attached hydrogens (primary N) is 1. The Hall–Kier alpha value is -4.39. The molecule has 4 aromatic rings. The second-order valence-electron chi connectivity index (χ2n) is 8.96. The predicted octanol–water partition coefficient (Wildman–Crippen LogP) is 4.48. The summed E-state index contributed by atoms with van der Waals surface area (Å²) in [6.45, 7) is 1.59. The molecule has 0 spiro atoms. The number of methoxy groups -OCH3 is 1. The minimum Gasteiger partial charge on any atom is -0.494 e. The molecule has 0 bridgehead atoms. The summed E-state index contributed by atoms with van der Waals surface area (Å²) in [5.74, 6) is -0.467. The van der Waals surface area contributed by atoms with Gasteiger partial charge < -0.3 is 29.5 Å². The Morgan fingerprint density at radius 2 is 1.90 bits per heavy atom. The van der Waals surface area contributed by atoms with Gasteiger partial charge in [0.1, 0.15) is 22.7 Å². The maximum Gasteiger partial charge on any atom is 0.433 e. The molecule has 39 heavy (non-hydrogen) atoms. The molecular formula is C26H26F3N5O5. The van der Waals surface area contributed by atoms with Gasteiger partial charge in [-0.25, -0.2) is 9.97 Å². The summed E-state index contributed by atoms with van der Waals surface area (Å²) < 4.78 is 56.4. The molecule has 0 aliphatic rings. The van der Waals surface area contributed by atoms with Gasteiger partial charge in [-0.2, -0.15) is 13.2 Å². The fraction of sp³-hybridized carbons (Fsp3) is 0.308. The second kappa shape index (κ2) is 10.8. The van der Waals surface area contributed by atoms with Gasteiger partial charge in [0.05, 0.1) is 31.9 Å². The van der Waals surface area contributed by atoms with E-state index in [2.05, 4.69) is 15.3 Å². The number of carbonyl (C=O) groups is 2. The third kappa shape index (κ3) is 5.72. The summed E-state index contributed by atoms with van der Waals surface area (Å²) in [6.07, 6.45) is -3.33. The van der Waals surface area contributed by atoms with Crippen LogP contribution in [0.2, 0.25) is 0 Å². The third-order valence-electron chi connectivity index (χ3n) is 5.91. The topological polar surface area (TPSA) is 137 Å². The van der Waals surface area contributed by atoms with Gasteiger partial charge in [-0.3, -0.25) is 9.59 Å². The van der Waals surface area contributed by atoms with Crippen LogP contribution in [0.25, 0.3) is 22.4 Å². The first-order chi connectivity index (χ1) is 18.4. The lowest BCUT2D eigenvalue weighted by Crippen LogP contribution is -2.34. The Morgan fingerprint density at radius 1 is 1.15 bits per heavy atom. The first-order valence-corrected chi connectivity index (χ1v) is 11.8. The van der Waals surface area contributed by atoms with Crippen LogP contribution in [0.3, 0.4) is 0 Å². The van der Waals surface area contributed by atoms with E-state index in [1.54, 1.807) is 33.2 Å². The molecule has 3 N–H and O–H groups in total. The van der Waals surface area contributed by atoms with Crippen molar-refractivity contribution in [3.63, 3.8) is 0 Å². The molecule has 0 saturated carbocycles. The van der Waals surface area contributed by atoms with E-state index in [0.29, 0.717) is 5.76 Å². The molecule has 2 amide bonds. The zero-order valence-corrected chi connectivity index (χ0v) is 21.5. The fourth-order valence-corrected chi connectivity index (χ4v) is 3.92. The van der Waals surface area contributed by atoms with Gasteiger partial charge in [0.25, 0.3) is 5.91 Å². The summed E-state index contributed by atoms with van der Waals surface area (Å²) >= 11 is 0. The number of hydrogen-bond donors (Lipinski definition) is 2. The van der Waals surface area contributed by atoms with Crippen molar-refractivity contribution in [3.8, 4) is 17.2 Å². The lowest BCUT2D eigenvalue weighted by Gasteiger charge is -2.18. The van der Waals surface area contributed by atoms with Crippen molar-refractivity contribution in [2.24, 2.45) is 5.73 Å². The van der Waals surface area contributed by atoms with E-state index in [1.165, 1.54) is 36.5 Å². The molecule has 3 heterocycles. The molecule has 0 unspecified atom stereocenters. The smallest absolute Gasteiger partial charge is 0.433 e. The highest BCUT2D eigenvalue weighted by Gasteiger charge is 2.33. The van der Waals surface area contributed by atoms with E-state index in [0.717, 1.165) is 6.07 Å². The van der Waals surface area contributed by atoms with E-state index in [1.807, 2.05) is 0 Å². The highest BCUT2D eigenvalue weighted by atomic mass is 19.4. The number of furan rings is 1. The number of nitrogens with one attached hydrogen (secondary N) is 1. The van der Waals surface area contributed by atoms with Crippen molar-refractivity contribution in [1.82, 2.24) is 20.2 Å². The lowest BCUT2D eigenvalue weighted by atomic mass is 10.1. The van der Waals surface area contributed by atoms with E-state index in [-0.39, 0.29) is 51.9 Å². The molecule has 0 saturated heterocycles. The van der Waals surface area contributed by atoms with Crippen LogP contribution in [0.5, 0.6) is 5.75 Å². The van der Waals surface area contributed by atoms with Crippen LogP contribution in [-0.2, 0) is 11.0 Å². The SMILES string of the molecule is COc1ccc(-c2nc(C(=O)N[C@@H](CC(=O)N(C)C)c3ccco3)c([C@H](C)N)o2)c2ccc(C(F)(F)F)nc12. The average molecular weight is 546 g/mol. The molecule has 10 nitrogen and oxygen atoms in total. The molecule has 3 aromatic heterocycles. The average Bonchev–Trinajstić information content (AvgIpc) is 3.57. The van der Waals surface area contributed by atoms with Gasteiger partial charge in [-0.05, 0) is 43.3 Å². The van der Waals surface area contributed by atoms with E-state index in [4.69, 9.17) is 19.3 Å². The molecule has 13 heteroatoms. The van der Waals surface area contributed by atoms with E-state index >= 15 is 0 Å². The Balaban J connectivity index is 1.76. The number of amides is 2. The molecular weight excluding hydrogens is 519 g/mol. The summed E-state index contributed by atoms with van der Waals surface area (Å²) in [4.78, 5) is 35.2. The minimum absolute atomic E-state index is 0.0449.